The second-order valence-electron chi connectivity index (χ2n) is 4.15. The van der Waals surface area contributed by atoms with Crippen molar-refractivity contribution in [1.29, 1.82) is 0 Å². The molecular weight excluding hydrogens is 212 g/mol. The Morgan fingerprint density at radius 1 is 1.18 bits per heavy atom. The van der Waals surface area contributed by atoms with E-state index in [1.165, 1.54) is 11.1 Å². The van der Waals surface area contributed by atoms with Gasteiger partial charge in [-0.1, -0.05) is 24.3 Å². The van der Waals surface area contributed by atoms with E-state index >= 15 is 0 Å². The summed E-state index contributed by atoms with van der Waals surface area (Å²) in [4.78, 5) is 11.2. The zero-order valence-corrected chi connectivity index (χ0v) is 10.1. The summed E-state index contributed by atoms with van der Waals surface area (Å²) in [6.07, 6.45) is 1.81. The van der Waals surface area contributed by atoms with E-state index in [1.54, 1.807) is 29.9 Å². The number of nitrogens with zero attached hydrogens (tertiary/aromatic N) is 1. The van der Waals surface area contributed by atoms with Crippen molar-refractivity contribution in [2.75, 3.05) is 5.32 Å². The quantitative estimate of drug-likeness (QED) is 0.874. The van der Waals surface area contributed by atoms with Crippen LogP contribution < -0.4 is 10.9 Å². The number of pyridine rings is 1. The van der Waals surface area contributed by atoms with E-state index in [1.807, 2.05) is 12.1 Å². The molecule has 1 heterocycles. The summed E-state index contributed by atoms with van der Waals surface area (Å²) in [5, 5.41) is 3.31. The molecule has 0 radical (unpaired) electrons. The minimum absolute atomic E-state index is 0.00596. The first kappa shape index (κ1) is 11.5. The summed E-state index contributed by atoms with van der Waals surface area (Å²) in [5.41, 5.74) is 3.49. The van der Waals surface area contributed by atoms with Crippen molar-refractivity contribution in [3.8, 4) is 0 Å². The van der Waals surface area contributed by atoms with Gasteiger partial charge in [-0.05, 0) is 24.1 Å². The van der Waals surface area contributed by atoms with Crippen LogP contribution in [0.2, 0.25) is 0 Å². The van der Waals surface area contributed by atoms with Crippen LogP contribution in [0.5, 0.6) is 0 Å². The molecule has 0 aliphatic rings. The van der Waals surface area contributed by atoms with Gasteiger partial charge in [-0.3, -0.25) is 4.79 Å². The molecule has 3 nitrogen and oxygen atoms in total. The molecule has 0 aliphatic carbocycles. The van der Waals surface area contributed by atoms with Crippen molar-refractivity contribution in [2.45, 2.75) is 13.5 Å². The van der Waals surface area contributed by atoms with Crippen LogP contribution in [0.4, 0.5) is 5.69 Å². The number of hydrogen-bond acceptors (Lipinski definition) is 2. The third-order valence-corrected chi connectivity index (χ3v) is 2.83. The molecule has 17 heavy (non-hydrogen) atoms. The molecule has 0 bridgehead atoms. The lowest BCUT2D eigenvalue weighted by molar-refractivity contribution is 0.859. The first-order valence-corrected chi connectivity index (χ1v) is 5.62. The lowest BCUT2D eigenvalue weighted by atomic mass is 10.1. The van der Waals surface area contributed by atoms with Crippen LogP contribution in [-0.4, -0.2) is 4.57 Å². The first-order valence-electron chi connectivity index (χ1n) is 5.62. The Balaban J connectivity index is 2.10. The molecule has 0 aliphatic heterocycles. The number of hydrogen-bond donors (Lipinski definition) is 1. The fourth-order valence-corrected chi connectivity index (χ4v) is 1.70. The van der Waals surface area contributed by atoms with E-state index in [9.17, 15) is 4.79 Å². The molecule has 0 saturated carbocycles. The topological polar surface area (TPSA) is 34.0 Å². The highest BCUT2D eigenvalue weighted by molar-refractivity contribution is 5.41. The molecule has 1 N–H and O–H groups in total. The Morgan fingerprint density at radius 2 is 1.94 bits per heavy atom. The predicted molar refractivity (Wildman–Crippen MR) is 70.2 cm³/mol. The standard InChI is InChI=1S/C14H16N2O/c1-11-5-3-4-6-12(11)9-15-13-7-8-14(17)16(2)10-13/h3-8,10,15H,9H2,1-2H3. The Morgan fingerprint density at radius 3 is 2.65 bits per heavy atom. The molecule has 0 saturated heterocycles. The van der Waals surface area contributed by atoms with Crippen LogP contribution in [-0.2, 0) is 13.6 Å². The van der Waals surface area contributed by atoms with E-state index in [0.29, 0.717) is 0 Å². The maximum atomic E-state index is 11.2. The van der Waals surface area contributed by atoms with Crippen LogP contribution >= 0.6 is 0 Å². The van der Waals surface area contributed by atoms with Crippen LogP contribution in [0.3, 0.4) is 0 Å². The Hall–Kier alpha value is -2.03. The lowest BCUT2D eigenvalue weighted by Crippen LogP contribution is -2.15. The number of nitrogens with one attached hydrogen (secondary N) is 1. The van der Waals surface area contributed by atoms with Gasteiger partial charge in [0.2, 0.25) is 5.56 Å². The molecule has 2 rings (SSSR count). The number of benzene rings is 1. The molecule has 3 heteroatoms. The highest BCUT2D eigenvalue weighted by atomic mass is 16.1. The van der Waals surface area contributed by atoms with Gasteiger partial charge in [0.25, 0.3) is 0 Å². The third-order valence-electron chi connectivity index (χ3n) is 2.83. The van der Waals surface area contributed by atoms with Crippen molar-refractivity contribution < 1.29 is 0 Å². The molecule has 0 fully saturated rings. The summed E-state index contributed by atoms with van der Waals surface area (Å²) in [7, 11) is 1.75. The number of rotatable bonds is 3. The molecule has 1 aromatic carbocycles. The Kier molecular flexibility index (Phi) is 3.28. The maximum Gasteiger partial charge on any atom is 0.250 e. The van der Waals surface area contributed by atoms with Crippen LogP contribution in [0.1, 0.15) is 11.1 Å². The minimum atomic E-state index is 0.00596. The van der Waals surface area contributed by atoms with Gasteiger partial charge < -0.3 is 9.88 Å². The third kappa shape index (κ3) is 2.75. The van der Waals surface area contributed by atoms with Crippen molar-refractivity contribution >= 4 is 5.69 Å². The molecule has 88 valence electrons. The summed E-state index contributed by atoms with van der Waals surface area (Å²) < 4.78 is 1.57. The molecule has 0 unspecified atom stereocenters. The zero-order valence-electron chi connectivity index (χ0n) is 10.1. The van der Waals surface area contributed by atoms with Gasteiger partial charge >= 0.3 is 0 Å². The highest BCUT2D eigenvalue weighted by Gasteiger charge is 1.98. The SMILES string of the molecule is Cc1ccccc1CNc1ccc(=O)n(C)c1. The second kappa shape index (κ2) is 4.87. The van der Waals surface area contributed by atoms with Crippen LogP contribution in [0.15, 0.2) is 47.4 Å². The van der Waals surface area contributed by atoms with Crippen LogP contribution in [0, 0.1) is 6.92 Å². The fourth-order valence-electron chi connectivity index (χ4n) is 1.70. The minimum Gasteiger partial charge on any atom is -0.380 e. The molecule has 1 aromatic heterocycles. The van der Waals surface area contributed by atoms with Crippen molar-refractivity contribution in [3.05, 3.63) is 64.1 Å². The summed E-state index contributed by atoms with van der Waals surface area (Å²) >= 11 is 0. The zero-order chi connectivity index (χ0) is 12.3. The van der Waals surface area contributed by atoms with Gasteiger partial charge in [-0.2, -0.15) is 0 Å². The van der Waals surface area contributed by atoms with Gasteiger partial charge in [-0.25, -0.2) is 0 Å². The molecule has 0 atom stereocenters. The van der Waals surface area contributed by atoms with E-state index in [-0.39, 0.29) is 5.56 Å². The average molecular weight is 228 g/mol. The van der Waals surface area contributed by atoms with Crippen molar-refractivity contribution in [1.82, 2.24) is 4.57 Å². The highest BCUT2D eigenvalue weighted by Crippen LogP contribution is 2.10. The largest absolute Gasteiger partial charge is 0.380 e. The molecule has 0 spiro atoms. The van der Waals surface area contributed by atoms with Gasteiger partial charge in [0.05, 0.1) is 5.69 Å². The predicted octanol–water partition coefficient (Wildman–Crippen LogP) is 2.31. The van der Waals surface area contributed by atoms with Crippen LogP contribution in [0.25, 0.3) is 0 Å². The normalized spacial score (nSPS) is 10.2. The van der Waals surface area contributed by atoms with E-state index < -0.39 is 0 Å². The summed E-state index contributed by atoms with van der Waals surface area (Å²) in [5.74, 6) is 0. The fraction of sp³-hybridized carbons (Fsp3) is 0.214. The summed E-state index contributed by atoms with van der Waals surface area (Å²) in [6, 6.07) is 11.6. The van der Waals surface area contributed by atoms with E-state index in [2.05, 4.69) is 24.4 Å². The van der Waals surface area contributed by atoms with Gasteiger partial charge in [0.15, 0.2) is 0 Å². The number of aromatic nitrogens is 1. The van der Waals surface area contributed by atoms with Crippen molar-refractivity contribution in [3.63, 3.8) is 0 Å². The number of anilines is 1. The van der Waals surface area contributed by atoms with Gasteiger partial charge in [0.1, 0.15) is 0 Å². The molecule has 0 amide bonds. The second-order valence-corrected chi connectivity index (χ2v) is 4.15. The number of aryl methyl sites for hydroxylation is 2. The Labute approximate surface area is 101 Å². The van der Waals surface area contributed by atoms with Crippen molar-refractivity contribution in [2.24, 2.45) is 7.05 Å². The lowest BCUT2D eigenvalue weighted by Gasteiger charge is -2.09. The van der Waals surface area contributed by atoms with E-state index in [0.717, 1.165) is 12.2 Å². The van der Waals surface area contributed by atoms with Gasteiger partial charge in [0, 0.05) is 25.9 Å². The molecular formula is C14H16N2O. The first-order chi connectivity index (χ1) is 8.16. The van der Waals surface area contributed by atoms with Gasteiger partial charge in [-0.15, -0.1) is 0 Å². The smallest absolute Gasteiger partial charge is 0.250 e. The molecule has 2 aromatic rings. The van der Waals surface area contributed by atoms with E-state index in [4.69, 9.17) is 0 Å². The monoisotopic (exact) mass is 228 g/mol. The maximum absolute atomic E-state index is 11.2. The summed E-state index contributed by atoms with van der Waals surface area (Å²) in [6.45, 7) is 2.86. The Bertz CT molecular complexity index is 572. The average Bonchev–Trinajstić information content (AvgIpc) is 2.32.